The standard InChI is InChI=1S/C16H23BrN2O.ClH/c17-8-11-19-16(20)15-3-1-2-14(12-15)5-4-13-6-9-18-10-7-13;/h1-3,12-13,18H,4-11H2,(H,19,20);1H. The van der Waals surface area contributed by atoms with E-state index in [1.54, 1.807) is 0 Å². The number of rotatable bonds is 6. The lowest BCUT2D eigenvalue weighted by atomic mass is 9.91. The predicted molar refractivity (Wildman–Crippen MR) is 93.7 cm³/mol. The molecule has 5 heteroatoms. The number of hydrogen-bond acceptors (Lipinski definition) is 2. The fourth-order valence-electron chi connectivity index (χ4n) is 2.67. The van der Waals surface area contributed by atoms with Gasteiger partial charge in [0.05, 0.1) is 0 Å². The second-order valence-corrected chi connectivity index (χ2v) is 6.17. The van der Waals surface area contributed by atoms with Gasteiger partial charge < -0.3 is 10.6 Å². The number of piperidine rings is 1. The van der Waals surface area contributed by atoms with Gasteiger partial charge in [-0.2, -0.15) is 0 Å². The summed E-state index contributed by atoms with van der Waals surface area (Å²) in [6.07, 6.45) is 4.87. The maximum absolute atomic E-state index is 11.9. The number of carbonyl (C=O) groups excluding carboxylic acids is 1. The highest BCUT2D eigenvalue weighted by Crippen LogP contribution is 2.19. The van der Waals surface area contributed by atoms with Crippen molar-refractivity contribution in [3.05, 3.63) is 35.4 Å². The first-order valence-corrected chi connectivity index (χ1v) is 8.55. The van der Waals surface area contributed by atoms with E-state index >= 15 is 0 Å². The van der Waals surface area contributed by atoms with E-state index in [2.05, 4.69) is 32.6 Å². The zero-order valence-electron chi connectivity index (χ0n) is 12.2. The number of aryl methyl sites for hydroxylation is 1. The van der Waals surface area contributed by atoms with Gasteiger partial charge in [-0.25, -0.2) is 0 Å². The lowest BCUT2D eigenvalue weighted by Gasteiger charge is -2.22. The quantitative estimate of drug-likeness (QED) is 0.750. The molecule has 0 aromatic heterocycles. The van der Waals surface area contributed by atoms with Gasteiger partial charge >= 0.3 is 0 Å². The van der Waals surface area contributed by atoms with E-state index in [-0.39, 0.29) is 18.3 Å². The Bertz CT molecular complexity index is 436. The van der Waals surface area contributed by atoms with Crippen LogP contribution in [0.3, 0.4) is 0 Å². The summed E-state index contributed by atoms with van der Waals surface area (Å²) < 4.78 is 0. The van der Waals surface area contributed by atoms with Crippen LogP contribution < -0.4 is 10.6 Å². The summed E-state index contributed by atoms with van der Waals surface area (Å²) >= 11 is 3.31. The maximum Gasteiger partial charge on any atom is 0.251 e. The normalized spacial score (nSPS) is 15.3. The van der Waals surface area contributed by atoms with E-state index in [0.717, 1.165) is 36.3 Å². The molecule has 118 valence electrons. The van der Waals surface area contributed by atoms with E-state index in [4.69, 9.17) is 0 Å². The van der Waals surface area contributed by atoms with Gasteiger partial charge in [0.25, 0.3) is 5.91 Å². The largest absolute Gasteiger partial charge is 0.351 e. The van der Waals surface area contributed by atoms with E-state index in [1.165, 1.54) is 24.8 Å². The second kappa shape index (κ2) is 10.2. The van der Waals surface area contributed by atoms with Crippen LogP contribution in [0.4, 0.5) is 0 Å². The minimum Gasteiger partial charge on any atom is -0.351 e. The van der Waals surface area contributed by atoms with Crippen molar-refractivity contribution in [2.24, 2.45) is 5.92 Å². The summed E-state index contributed by atoms with van der Waals surface area (Å²) in [5.41, 5.74) is 2.05. The van der Waals surface area contributed by atoms with Crippen molar-refractivity contribution in [1.29, 1.82) is 0 Å². The highest BCUT2D eigenvalue weighted by atomic mass is 79.9. The SMILES string of the molecule is Cl.O=C(NCCBr)c1cccc(CCC2CCNCC2)c1. The van der Waals surface area contributed by atoms with Crippen molar-refractivity contribution in [3.8, 4) is 0 Å². The molecule has 2 N–H and O–H groups in total. The Morgan fingerprint density at radius 1 is 1.33 bits per heavy atom. The molecule has 1 heterocycles. The van der Waals surface area contributed by atoms with Crippen LogP contribution in [0.5, 0.6) is 0 Å². The van der Waals surface area contributed by atoms with Gasteiger partial charge in [-0.15, -0.1) is 12.4 Å². The summed E-state index contributed by atoms with van der Waals surface area (Å²) in [7, 11) is 0. The van der Waals surface area contributed by atoms with Crippen LogP contribution >= 0.6 is 28.3 Å². The molecule has 0 atom stereocenters. The molecule has 3 nitrogen and oxygen atoms in total. The third kappa shape index (κ3) is 6.37. The number of carbonyl (C=O) groups is 1. The first kappa shape index (κ1) is 18.5. The molecule has 1 aliphatic rings. The van der Waals surface area contributed by atoms with E-state index in [9.17, 15) is 4.79 Å². The Balaban J connectivity index is 0.00000220. The van der Waals surface area contributed by atoms with Crippen molar-refractivity contribution in [2.45, 2.75) is 25.7 Å². The molecule has 1 fully saturated rings. The van der Waals surface area contributed by atoms with Gasteiger partial charge in [0.2, 0.25) is 0 Å². The topological polar surface area (TPSA) is 41.1 Å². The first-order chi connectivity index (χ1) is 9.79. The number of benzene rings is 1. The van der Waals surface area contributed by atoms with Crippen LogP contribution in [0.1, 0.15) is 35.2 Å². The fourth-order valence-corrected chi connectivity index (χ4v) is 2.87. The lowest BCUT2D eigenvalue weighted by Crippen LogP contribution is -2.28. The summed E-state index contributed by atoms with van der Waals surface area (Å²) in [5.74, 6) is 0.857. The van der Waals surface area contributed by atoms with Crippen molar-refractivity contribution in [3.63, 3.8) is 0 Å². The van der Waals surface area contributed by atoms with Crippen molar-refractivity contribution in [2.75, 3.05) is 25.0 Å². The number of nitrogens with one attached hydrogen (secondary N) is 2. The monoisotopic (exact) mass is 374 g/mol. The van der Waals surface area contributed by atoms with Gasteiger partial charge in [-0.05, 0) is 62.4 Å². The summed E-state index contributed by atoms with van der Waals surface area (Å²) in [6, 6.07) is 8.03. The van der Waals surface area contributed by atoms with Crippen LogP contribution in [0.2, 0.25) is 0 Å². The minimum absolute atomic E-state index is 0. The van der Waals surface area contributed by atoms with Crippen LogP contribution in [0, 0.1) is 5.92 Å². The Labute approximate surface area is 141 Å². The highest BCUT2D eigenvalue weighted by molar-refractivity contribution is 9.09. The number of halogens is 2. The van der Waals surface area contributed by atoms with Crippen LogP contribution in [-0.2, 0) is 6.42 Å². The second-order valence-electron chi connectivity index (χ2n) is 5.38. The molecule has 1 saturated heterocycles. The van der Waals surface area contributed by atoms with Gasteiger partial charge in [-0.1, -0.05) is 28.1 Å². The number of hydrogen-bond donors (Lipinski definition) is 2. The molecular weight excluding hydrogens is 352 g/mol. The van der Waals surface area contributed by atoms with Crippen molar-refractivity contribution < 1.29 is 4.79 Å². The van der Waals surface area contributed by atoms with Gasteiger partial charge in [-0.3, -0.25) is 4.79 Å². The summed E-state index contributed by atoms with van der Waals surface area (Å²) in [6.45, 7) is 2.97. The third-order valence-electron chi connectivity index (χ3n) is 3.87. The zero-order valence-corrected chi connectivity index (χ0v) is 14.6. The molecule has 1 amide bonds. The summed E-state index contributed by atoms with van der Waals surface area (Å²) in [4.78, 5) is 11.9. The smallest absolute Gasteiger partial charge is 0.251 e. The zero-order chi connectivity index (χ0) is 14.2. The molecule has 0 aliphatic carbocycles. The molecule has 0 unspecified atom stereocenters. The Morgan fingerprint density at radius 3 is 2.81 bits per heavy atom. The molecule has 21 heavy (non-hydrogen) atoms. The van der Waals surface area contributed by atoms with Gasteiger partial charge in [0, 0.05) is 17.4 Å². The van der Waals surface area contributed by atoms with Gasteiger partial charge in [0.15, 0.2) is 0 Å². The fraction of sp³-hybridized carbons (Fsp3) is 0.562. The molecule has 1 aromatic rings. The Kier molecular flexibility index (Phi) is 8.97. The van der Waals surface area contributed by atoms with Crippen LogP contribution in [0.25, 0.3) is 0 Å². The van der Waals surface area contributed by atoms with Crippen molar-refractivity contribution >= 4 is 34.2 Å². The summed E-state index contributed by atoms with van der Waals surface area (Å²) in [5, 5.41) is 7.07. The average Bonchev–Trinajstić information content (AvgIpc) is 2.52. The lowest BCUT2D eigenvalue weighted by molar-refractivity contribution is 0.0956. The Morgan fingerprint density at radius 2 is 2.10 bits per heavy atom. The molecule has 0 radical (unpaired) electrons. The molecule has 0 saturated carbocycles. The molecular formula is C16H24BrClN2O. The number of alkyl halides is 1. The van der Waals surface area contributed by atoms with E-state index in [0.29, 0.717) is 6.54 Å². The average molecular weight is 376 g/mol. The first-order valence-electron chi connectivity index (χ1n) is 7.43. The predicted octanol–water partition coefficient (Wildman–Crippen LogP) is 3.17. The minimum atomic E-state index is 0. The Hall–Kier alpha value is -0.580. The molecule has 1 aliphatic heterocycles. The molecule has 0 spiro atoms. The van der Waals surface area contributed by atoms with E-state index in [1.807, 2.05) is 18.2 Å². The molecule has 0 bridgehead atoms. The van der Waals surface area contributed by atoms with Crippen LogP contribution in [0.15, 0.2) is 24.3 Å². The molecule has 2 rings (SSSR count). The van der Waals surface area contributed by atoms with E-state index < -0.39 is 0 Å². The molecule has 1 aromatic carbocycles. The van der Waals surface area contributed by atoms with Gasteiger partial charge in [0.1, 0.15) is 0 Å². The number of amides is 1. The van der Waals surface area contributed by atoms with Crippen molar-refractivity contribution in [1.82, 2.24) is 10.6 Å². The maximum atomic E-state index is 11.9. The van der Waals surface area contributed by atoms with Crippen LogP contribution in [-0.4, -0.2) is 30.9 Å². The highest BCUT2D eigenvalue weighted by Gasteiger charge is 2.13. The third-order valence-corrected chi connectivity index (χ3v) is 4.27.